The first-order valence-corrected chi connectivity index (χ1v) is 6.80. The van der Waals surface area contributed by atoms with Gasteiger partial charge in [0.1, 0.15) is 5.76 Å². The van der Waals surface area contributed by atoms with Crippen LogP contribution in [-0.2, 0) is 14.8 Å². The quantitative estimate of drug-likeness (QED) is 0.660. The van der Waals surface area contributed by atoms with E-state index in [1.807, 2.05) is 0 Å². The number of sulfonamides is 1. The lowest BCUT2D eigenvalue weighted by Gasteiger charge is -2.01. The molecule has 0 saturated heterocycles. The predicted molar refractivity (Wildman–Crippen MR) is 64.3 cm³/mol. The lowest BCUT2D eigenvalue weighted by Crippen LogP contribution is -2.26. The number of carbonyl (C=O) groups is 2. The number of hydrogen-bond donors (Lipinski definition) is 3. The van der Waals surface area contributed by atoms with Gasteiger partial charge in [-0.25, -0.2) is 13.1 Å². The molecule has 0 aliphatic heterocycles. The van der Waals surface area contributed by atoms with E-state index in [9.17, 15) is 18.0 Å². The van der Waals surface area contributed by atoms with E-state index in [0.717, 1.165) is 6.07 Å². The van der Waals surface area contributed by atoms with Crippen LogP contribution in [0.4, 0.5) is 0 Å². The summed E-state index contributed by atoms with van der Waals surface area (Å²) in [6, 6.07) is 1.09. The minimum Gasteiger partial charge on any atom is -0.481 e. The lowest BCUT2D eigenvalue weighted by molar-refractivity contribution is -0.136. The van der Waals surface area contributed by atoms with Gasteiger partial charge in [0.25, 0.3) is 15.9 Å². The fourth-order valence-electron chi connectivity index (χ4n) is 1.29. The minimum absolute atomic E-state index is 0.0487. The number of carbonyl (C=O) groups excluding carboxylic acids is 1. The molecule has 0 saturated carbocycles. The first-order chi connectivity index (χ1) is 8.77. The van der Waals surface area contributed by atoms with Crippen molar-refractivity contribution in [3.8, 4) is 0 Å². The molecule has 8 nitrogen and oxygen atoms in total. The van der Waals surface area contributed by atoms with Crippen LogP contribution in [0.15, 0.2) is 15.6 Å². The number of nitrogens with one attached hydrogen (secondary N) is 2. The molecule has 0 radical (unpaired) electrons. The van der Waals surface area contributed by atoms with E-state index in [0.29, 0.717) is 0 Å². The van der Waals surface area contributed by atoms with Gasteiger partial charge in [-0.1, -0.05) is 0 Å². The molecule has 9 heteroatoms. The highest BCUT2D eigenvalue weighted by atomic mass is 32.2. The van der Waals surface area contributed by atoms with Crippen LogP contribution in [-0.4, -0.2) is 39.0 Å². The molecule has 1 amide bonds. The third-order valence-corrected chi connectivity index (χ3v) is 3.57. The predicted octanol–water partition coefficient (Wildman–Crippen LogP) is -0.299. The van der Waals surface area contributed by atoms with Crippen molar-refractivity contribution in [1.29, 1.82) is 0 Å². The van der Waals surface area contributed by atoms with Crippen LogP contribution >= 0.6 is 0 Å². The van der Waals surface area contributed by atoms with Crippen molar-refractivity contribution in [1.82, 2.24) is 10.0 Å². The molecule has 0 aliphatic rings. The van der Waals surface area contributed by atoms with Crippen molar-refractivity contribution in [2.24, 2.45) is 0 Å². The summed E-state index contributed by atoms with van der Waals surface area (Å²) in [5.41, 5.74) is 0.0548. The van der Waals surface area contributed by atoms with E-state index >= 15 is 0 Å². The van der Waals surface area contributed by atoms with Crippen LogP contribution in [0.2, 0.25) is 0 Å². The highest BCUT2D eigenvalue weighted by molar-refractivity contribution is 7.89. The van der Waals surface area contributed by atoms with Gasteiger partial charge >= 0.3 is 5.97 Å². The van der Waals surface area contributed by atoms with Gasteiger partial charge in [0, 0.05) is 12.6 Å². The zero-order valence-electron chi connectivity index (χ0n) is 10.4. The molecule has 1 aromatic rings. The van der Waals surface area contributed by atoms with E-state index in [2.05, 4.69) is 10.0 Å². The van der Waals surface area contributed by atoms with Gasteiger partial charge < -0.3 is 14.8 Å². The van der Waals surface area contributed by atoms with Gasteiger partial charge in [-0.15, -0.1) is 0 Å². The van der Waals surface area contributed by atoms with Crippen LogP contribution in [0.5, 0.6) is 0 Å². The SMILES string of the molecule is CNS(=O)(=O)c1cc(C(=O)NCCC(=O)O)c(C)o1. The summed E-state index contributed by atoms with van der Waals surface area (Å²) >= 11 is 0. The second-order valence-corrected chi connectivity index (χ2v) is 5.46. The van der Waals surface area contributed by atoms with Crippen molar-refractivity contribution in [3.05, 3.63) is 17.4 Å². The molecule has 0 bridgehead atoms. The van der Waals surface area contributed by atoms with E-state index in [4.69, 9.17) is 9.52 Å². The Kier molecular flexibility index (Phi) is 4.67. The molecule has 0 fully saturated rings. The first-order valence-electron chi connectivity index (χ1n) is 5.32. The first kappa shape index (κ1) is 15.2. The van der Waals surface area contributed by atoms with Gasteiger partial charge in [-0.05, 0) is 14.0 Å². The lowest BCUT2D eigenvalue weighted by atomic mass is 10.2. The Labute approximate surface area is 109 Å². The number of furan rings is 1. The minimum atomic E-state index is -3.76. The van der Waals surface area contributed by atoms with E-state index < -0.39 is 21.9 Å². The molecule has 1 aromatic heterocycles. The maximum absolute atomic E-state index is 11.7. The summed E-state index contributed by atoms with van der Waals surface area (Å²) in [6.07, 6.45) is -0.218. The Morgan fingerprint density at radius 1 is 1.42 bits per heavy atom. The molecule has 0 spiro atoms. The van der Waals surface area contributed by atoms with Crippen molar-refractivity contribution in [2.75, 3.05) is 13.6 Å². The van der Waals surface area contributed by atoms with E-state index in [-0.39, 0.29) is 29.4 Å². The van der Waals surface area contributed by atoms with Gasteiger partial charge in [0.15, 0.2) is 0 Å². The van der Waals surface area contributed by atoms with Gasteiger partial charge in [0.05, 0.1) is 12.0 Å². The van der Waals surface area contributed by atoms with Crippen LogP contribution in [0.1, 0.15) is 22.5 Å². The average Bonchev–Trinajstić information content (AvgIpc) is 2.71. The van der Waals surface area contributed by atoms with Crippen molar-refractivity contribution >= 4 is 21.9 Å². The molecule has 3 N–H and O–H groups in total. The normalized spacial score (nSPS) is 11.3. The second-order valence-electron chi connectivity index (χ2n) is 3.64. The molecule has 0 atom stereocenters. The fraction of sp³-hybridized carbons (Fsp3) is 0.400. The highest BCUT2D eigenvalue weighted by Crippen LogP contribution is 2.18. The van der Waals surface area contributed by atoms with Crippen molar-refractivity contribution < 1.29 is 27.5 Å². The monoisotopic (exact) mass is 290 g/mol. The maximum Gasteiger partial charge on any atom is 0.305 e. The number of aryl methyl sites for hydroxylation is 1. The summed E-state index contributed by atoms with van der Waals surface area (Å²) in [6.45, 7) is 1.40. The number of hydrogen-bond acceptors (Lipinski definition) is 5. The summed E-state index contributed by atoms with van der Waals surface area (Å²) < 4.78 is 30.0. The van der Waals surface area contributed by atoms with Crippen LogP contribution in [0, 0.1) is 6.92 Å². The fourth-order valence-corrected chi connectivity index (χ4v) is 2.00. The molecule has 1 heterocycles. The third-order valence-electron chi connectivity index (χ3n) is 2.30. The molecule has 19 heavy (non-hydrogen) atoms. The summed E-state index contributed by atoms with van der Waals surface area (Å²) in [7, 11) is -2.54. The zero-order chi connectivity index (χ0) is 14.6. The third kappa shape index (κ3) is 3.80. The van der Waals surface area contributed by atoms with E-state index in [1.165, 1.54) is 14.0 Å². The van der Waals surface area contributed by atoms with E-state index in [1.54, 1.807) is 0 Å². The smallest absolute Gasteiger partial charge is 0.305 e. The molecular formula is C10H14N2O6S. The largest absolute Gasteiger partial charge is 0.481 e. The Morgan fingerprint density at radius 2 is 2.05 bits per heavy atom. The number of aliphatic carboxylic acids is 1. The molecule has 0 aromatic carbocycles. The average molecular weight is 290 g/mol. The topological polar surface area (TPSA) is 126 Å². The van der Waals surface area contributed by atoms with Crippen LogP contribution in [0.25, 0.3) is 0 Å². The Bertz CT molecular complexity index is 589. The molecule has 1 rings (SSSR count). The molecular weight excluding hydrogens is 276 g/mol. The Hall–Kier alpha value is -1.87. The van der Waals surface area contributed by atoms with Gasteiger partial charge in [0.2, 0.25) is 5.09 Å². The summed E-state index contributed by atoms with van der Waals surface area (Å²) in [5.74, 6) is -1.48. The van der Waals surface area contributed by atoms with Crippen molar-refractivity contribution in [3.63, 3.8) is 0 Å². The van der Waals surface area contributed by atoms with Crippen molar-refractivity contribution in [2.45, 2.75) is 18.4 Å². The van der Waals surface area contributed by atoms with Gasteiger partial charge in [-0.2, -0.15) is 0 Å². The molecule has 106 valence electrons. The zero-order valence-corrected chi connectivity index (χ0v) is 11.2. The number of carboxylic acid groups (broad SMARTS) is 1. The number of rotatable bonds is 6. The number of amides is 1. The molecule has 0 aliphatic carbocycles. The summed E-state index contributed by atoms with van der Waals surface area (Å²) in [5, 5.41) is 10.4. The summed E-state index contributed by atoms with van der Waals surface area (Å²) in [4.78, 5) is 22.0. The number of carboxylic acids is 1. The molecule has 0 unspecified atom stereocenters. The van der Waals surface area contributed by atoms with Gasteiger partial charge in [-0.3, -0.25) is 9.59 Å². The van der Waals surface area contributed by atoms with Crippen LogP contribution < -0.4 is 10.0 Å². The standard InChI is InChI=1S/C10H14N2O6S/c1-6-7(10(15)12-4-3-8(13)14)5-9(18-6)19(16,17)11-2/h5,11H,3-4H2,1-2H3,(H,12,15)(H,13,14). The van der Waals surface area contributed by atoms with Crippen LogP contribution in [0.3, 0.4) is 0 Å². The Morgan fingerprint density at radius 3 is 2.58 bits per heavy atom. The maximum atomic E-state index is 11.7. The Balaban J connectivity index is 2.85. The highest BCUT2D eigenvalue weighted by Gasteiger charge is 2.22. The second kappa shape index (κ2) is 5.85.